The molecule has 0 spiro atoms. The predicted octanol–water partition coefficient (Wildman–Crippen LogP) is 1.17. The van der Waals surface area contributed by atoms with Crippen molar-refractivity contribution in [3.8, 4) is 0 Å². The van der Waals surface area contributed by atoms with Crippen LogP contribution in [0.5, 0.6) is 0 Å². The lowest BCUT2D eigenvalue weighted by atomic mass is 10.7. The van der Waals surface area contributed by atoms with Crippen molar-refractivity contribution in [2.45, 2.75) is 6.92 Å². The van der Waals surface area contributed by atoms with Gasteiger partial charge in [-0.2, -0.15) is 0 Å². The molecule has 0 bridgehead atoms. The molecule has 0 fully saturated rings. The molecule has 0 radical (unpaired) electrons. The zero-order chi connectivity index (χ0) is 4.99. The molecular weight excluding hydrogens is 94.1 g/mol. The summed E-state index contributed by atoms with van der Waals surface area (Å²) < 4.78 is 0. The molecule has 0 aromatic rings. The first-order valence-electron chi connectivity index (χ1n) is 1.77. The molecule has 0 aliphatic rings. The summed E-state index contributed by atoms with van der Waals surface area (Å²) in [4.78, 5) is 0. The largest absolute Gasteiger partial charge is 0.394 e. The number of thioether (sulfide) groups is 1. The van der Waals surface area contributed by atoms with Crippen LogP contribution in [-0.2, 0) is 0 Å². The lowest BCUT2D eigenvalue weighted by Crippen LogP contribution is -1.87. The molecule has 0 atom stereocenters. The minimum absolute atomic E-state index is 0.884. The molecule has 0 aliphatic heterocycles. The third-order valence-corrected chi connectivity index (χ3v) is 1.23. The molecule has 2 heteroatoms. The van der Waals surface area contributed by atoms with Gasteiger partial charge in [-0.05, 0) is 13.2 Å². The molecule has 0 heterocycles. The van der Waals surface area contributed by atoms with E-state index in [0.717, 1.165) is 5.03 Å². The summed E-state index contributed by atoms with van der Waals surface area (Å²) in [5.41, 5.74) is 5.30. The van der Waals surface area contributed by atoms with E-state index >= 15 is 0 Å². The molecular formula is C4H9NS. The van der Waals surface area contributed by atoms with Crippen molar-refractivity contribution >= 4 is 11.8 Å². The van der Waals surface area contributed by atoms with Crippen LogP contribution in [-0.4, -0.2) is 6.26 Å². The Labute approximate surface area is 42.6 Å². The van der Waals surface area contributed by atoms with E-state index in [1.807, 2.05) is 19.3 Å². The summed E-state index contributed by atoms with van der Waals surface area (Å²) >= 11 is 1.56. The number of nitrogens with two attached hydrogens (primary N) is 1. The molecule has 2 N–H and O–H groups in total. The van der Waals surface area contributed by atoms with Crippen LogP contribution in [0.3, 0.4) is 0 Å². The van der Waals surface area contributed by atoms with Crippen LogP contribution in [0.25, 0.3) is 0 Å². The highest BCUT2D eigenvalue weighted by Crippen LogP contribution is 2.00. The molecule has 0 aromatic heterocycles. The maximum Gasteiger partial charge on any atom is 0.0608 e. The molecule has 0 rings (SSSR count). The Kier molecular flexibility index (Phi) is 3.04. The molecule has 0 aromatic carbocycles. The Morgan fingerprint density at radius 2 is 2.33 bits per heavy atom. The first-order chi connectivity index (χ1) is 2.81. The summed E-state index contributed by atoms with van der Waals surface area (Å²) in [5, 5.41) is 0.884. The lowest BCUT2D eigenvalue weighted by molar-refractivity contribution is 1.51. The second-order valence-corrected chi connectivity index (χ2v) is 1.77. The van der Waals surface area contributed by atoms with E-state index < -0.39 is 0 Å². The molecule has 6 heavy (non-hydrogen) atoms. The van der Waals surface area contributed by atoms with Crippen molar-refractivity contribution in [3.63, 3.8) is 0 Å². The Hall–Kier alpha value is -0.110. The van der Waals surface area contributed by atoms with Gasteiger partial charge in [-0.3, -0.25) is 0 Å². The minimum atomic E-state index is 0.884. The molecule has 0 amide bonds. The van der Waals surface area contributed by atoms with Crippen LogP contribution in [0, 0.1) is 0 Å². The number of hydrogen-bond donors (Lipinski definition) is 1. The minimum Gasteiger partial charge on any atom is -0.394 e. The Balaban J connectivity index is 3.22. The van der Waals surface area contributed by atoms with E-state index in [1.165, 1.54) is 0 Å². The summed E-state index contributed by atoms with van der Waals surface area (Å²) in [5.74, 6) is 0. The van der Waals surface area contributed by atoms with E-state index in [4.69, 9.17) is 5.73 Å². The van der Waals surface area contributed by atoms with Crippen LogP contribution in [0.4, 0.5) is 0 Å². The van der Waals surface area contributed by atoms with Gasteiger partial charge in [-0.25, -0.2) is 0 Å². The normalized spacial score (nSPS) is 12.0. The predicted molar refractivity (Wildman–Crippen MR) is 31.5 cm³/mol. The third kappa shape index (κ3) is 2.15. The zero-order valence-electron chi connectivity index (χ0n) is 4.06. The van der Waals surface area contributed by atoms with Gasteiger partial charge in [-0.1, -0.05) is 6.08 Å². The van der Waals surface area contributed by atoms with Crippen molar-refractivity contribution in [1.29, 1.82) is 0 Å². The quantitative estimate of drug-likeness (QED) is 0.539. The average molecular weight is 103 g/mol. The van der Waals surface area contributed by atoms with Gasteiger partial charge in [0, 0.05) is 0 Å². The smallest absolute Gasteiger partial charge is 0.0608 e. The highest BCUT2D eigenvalue weighted by atomic mass is 32.2. The fourth-order valence-electron chi connectivity index (χ4n) is 0.118. The first-order valence-corrected chi connectivity index (χ1v) is 2.99. The third-order valence-electron chi connectivity index (χ3n) is 0.520. The second-order valence-electron chi connectivity index (χ2n) is 0.895. The molecule has 1 nitrogen and oxygen atoms in total. The zero-order valence-corrected chi connectivity index (χ0v) is 4.88. The molecule has 0 unspecified atom stereocenters. The van der Waals surface area contributed by atoms with Crippen molar-refractivity contribution < 1.29 is 0 Å². The van der Waals surface area contributed by atoms with Gasteiger partial charge >= 0.3 is 0 Å². The molecule has 0 saturated heterocycles. The SMILES string of the molecule is C/C=C(/N)SC. The van der Waals surface area contributed by atoms with Crippen molar-refractivity contribution in [1.82, 2.24) is 0 Å². The maximum absolute atomic E-state index is 5.30. The van der Waals surface area contributed by atoms with Crippen LogP contribution < -0.4 is 5.73 Å². The fourth-order valence-corrected chi connectivity index (χ4v) is 0.354. The van der Waals surface area contributed by atoms with Gasteiger partial charge in [-0.15, -0.1) is 11.8 Å². The Bertz CT molecular complexity index is 58.6. The van der Waals surface area contributed by atoms with E-state index in [1.54, 1.807) is 11.8 Å². The second kappa shape index (κ2) is 3.09. The van der Waals surface area contributed by atoms with E-state index in [-0.39, 0.29) is 0 Å². The van der Waals surface area contributed by atoms with Crippen LogP contribution >= 0.6 is 11.8 Å². The monoisotopic (exact) mass is 103 g/mol. The van der Waals surface area contributed by atoms with Crippen LogP contribution in [0.1, 0.15) is 6.92 Å². The first kappa shape index (κ1) is 5.89. The molecule has 0 saturated carbocycles. The summed E-state index contributed by atoms with van der Waals surface area (Å²) in [6, 6.07) is 0. The Morgan fingerprint density at radius 3 is 2.33 bits per heavy atom. The van der Waals surface area contributed by atoms with Gasteiger partial charge in [0.1, 0.15) is 0 Å². The van der Waals surface area contributed by atoms with Crippen molar-refractivity contribution in [2.24, 2.45) is 5.73 Å². The molecule has 36 valence electrons. The van der Waals surface area contributed by atoms with Gasteiger partial charge in [0.2, 0.25) is 0 Å². The van der Waals surface area contributed by atoms with Crippen molar-refractivity contribution in [2.75, 3.05) is 6.26 Å². The van der Waals surface area contributed by atoms with E-state index in [2.05, 4.69) is 0 Å². The van der Waals surface area contributed by atoms with Gasteiger partial charge in [0.25, 0.3) is 0 Å². The summed E-state index contributed by atoms with van der Waals surface area (Å²) in [6.07, 6.45) is 3.83. The van der Waals surface area contributed by atoms with Gasteiger partial charge < -0.3 is 5.73 Å². The molecule has 0 aliphatic carbocycles. The topological polar surface area (TPSA) is 26.0 Å². The highest BCUT2D eigenvalue weighted by Gasteiger charge is 1.73. The van der Waals surface area contributed by atoms with Crippen LogP contribution in [0.2, 0.25) is 0 Å². The highest BCUT2D eigenvalue weighted by molar-refractivity contribution is 8.02. The summed E-state index contributed by atoms with van der Waals surface area (Å²) in [7, 11) is 0. The lowest BCUT2D eigenvalue weighted by Gasteiger charge is -1.86. The van der Waals surface area contributed by atoms with Gasteiger partial charge in [0.15, 0.2) is 0 Å². The number of rotatable bonds is 1. The van der Waals surface area contributed by atoms with Crippen molar-refractivity contribution in [3.05, 3.63) is 11.1 Å². The fraction of sp³-hybridized carbons (Fsp3) is 0.500. The number of allylic oxidation sites excluding steroid dienone is 1. The average Bonchev–Trinajstić information content (AvgIpc) is 1.65. The number of hydrogen-bond acceptors (Lipinski definition) is 2. The van der Waals surface area contributed by atoms with E-state index in [9.17, 15) is 0 Å². The van der Waals surface area contributed by atoms with E-state index in [0.29, 0.717) is 0 Å². The van der Waals surface area contributed by atoms with Gasteiger partial charge in [0.05, 0.1) is 5.03 Å². The maximum atomic E-state index is 5.30. The summed E-state index contributed by atoms with van der Waals surface area (Å²) in [6.45, 7) is 1.92. The standard InChI is InChI=1S/C4H9NS/c1-3-4(5)6-2/h3H,5H2,1-2H3/b4-3-. The van der Waals surface area contributed by atoms with Crippen LogP contribution in [0.15, 0.2) is 11.1 Å². The Morgan fingerprint density at radius 1 is 1.83 bits per heavy atom.